The van der Waals surface area contributed by atoms with Gasteiger partial charge in [-0.05, 0) is 42.7 Å². The summed E-state index contributed by atoms with van der Waals surface area (Å²) in [7, 11) is 1.54. The predicted octanol–water partition coefficient (Wildman–Crippen LogP) is 2.02. The molecule has 0 amide bonds. The lowest BCUT2D eigenvalue weighted by molar-refractivity contribution is -0.802. The number of benzene rings is 1. The number of unbranched alkanes of at least 4 members (excludes halogenated alkanes) is 3. The van der Waals surface area contributed by atoms with Crippen LogP contribution in [0.15, 0.2) is 38.2 Å². The van der Waals surface area contributed by atoms with Crippen molar-refractivity contribution in [2.75, 3.05) is 26.1 Å². The molecule has 150 valence electrons. The van der Waals surface area contributed by atoms with Crippen molar-refractivity contribution in [3.8, 4) is 17.4 Å². The van der Waals surface area contributed by atoms with E-state index in [0.717, 1.165) is 31.9 Å². The van der Waals surface area contributed by atoms with E-state index >= 15 is 0 Å². The highest BCUT2D eigenvalue weighted by atomic mass is 16.8. The lowest BCUT2D eigenvalue weighted by atomic mass is 10.2. The Hall–Kier alpha value is -3.43. The minimum Gasteiger partial charge on any atom is -0.493 e. The van der Waals surface area contributed by atoms with E-state index in [4.69, 9.17) is 24.4 Å². The Morgan fingerprint density at radius 1 is 1.11 bits per heavy atom. The molecule has 0 saturated heterocycles. The van der Waals surface area contributed by atoms with Crippen LogP contribution in [0.25, 0.3) is 11.0 Å². The Balaban J connectivity index is 1.43. The van der Waals surface area contributed by atoms with Crippen LogP contribution < -0.4 is 30.5 Å². The lowest BCUT2D eigenvalue weighted by Crippen LogP contribution is -2.20. The van der Waals surface area contributed by atoms with Gasteiger partial charge in [-0.1, -0.05) is 0 Å². The first-order chi connectivity index (χ1) is 13.6. The molecule has 2 N–H and O–H groups in total. The van der Waals surface area contributed by atoms with Gasteiger partial charge in [-0.25, -0.2) is 4.79 Å². The smallest absolute Gasteiger partial charge is 0.394 e. The average Bonchev–Trinajstić information content (AvgIpc) is 3.09. The third-order valence-electron chi connectivity index (χ3n) is 4.02. The van der Waals surface area contributed by atoms with E-state index in [2.05, 4.69) is 9.79 Å². The van der Waals surface area contributed by atoms with Crippen molar-refractivity contribution in [1.82, 2.24) is 5.16 Å². The second-order valence-electron chi connectivity index (χ2n) is 6.07. The summed E-state index contributed by atoms with van der Waals surface area (Å²) in [5, 5.41) is 14.8. The fourth-order valence-electron chi connectivity index (χ4n) is 2.61. The molecule has 0 aliphatic carbocycles. The minimum atomic E-state index is -0.582. The molecule has 2 aromatic heterocycles. The second kappa shape index (κ2) is 8.98. The summed E-state index contributed by atoms with van der Waals surface area (Å²) in [5.41, 5.74) is 5.44. The first-order valence-corrected chi connectivity index (χ1v) is 8.80. The molecule has 0 saturated carbocycles. The van der Waals surface area contributed by atoms with Crippen molar-refractivity contribution in [2.24, 2.45) is 0 Å². The zero-order valence-electron chi connectivity index (χ0n) is 15.4. The summed E-state index contributed by atoms with van der Waals surface area (Å²) < 4.78 is 25.9. The maximum absolute atomic E-state index is 11.6. The molecule has 0 spiro atoms. The normalized spacial score (nSPS) is 10.9. The Morgan fingerprint density at radius 3 is 2.54 bits per heavy atom. The molecule has 2 heterocycles. The fraction of sp³-hybridized carbons (Fsp3) is 0.389. The zero-order valence-corrected chi connectivity index (χ0v) is 15.4. The van der Waals surface area contributed by atoms with Crippen LogP contribution in [0, 0.1) is 5.21 Å². The van der Waals surface area contributed by atoms with Crippen LogP contribution in [0.3, 0.4) is 0 Å². The molecule has 3 aromatic rings. The second-order valence-corrected chi connectivity index (χ2v) is 6.07. The van der Waals surface area contributed by atoms with Crippen LogP contribution in [0.1, 0.15) is 25.7 Å². The van der Waals surface area contributed by atoms with Crippen LogP contribution in [-0.2, 0) is 0 Å². The van der Waals surface area contributed by atoms with Gasteiger partial charge in [-0.2, -0.15) is 0 Å². The maximum Gasteiger partial charge on any atom is 0.394 e. The number of ether oxygens (including phenoxy) is 3. The Morgan fingerprint density at radius 2 is 1.86 bits per heavy atom. The quantitative estimate of drug-likeness (QED) is 0.312. The summed E-state index contributed by atoms with van der Waals surface area (Å²) >= 11 is 0. The SMILES string of the molecule is COc1cc2cc(N)c(=O)oc2cc1OCCCCCCOc1c[n+]([O-])on1. The molecule has 0 aliphatic heterocycles. The molecule has 0 radical (unpaired) electrons. The highest BCUT2D eigenvalue weighted by Gasteiger charge is 2.11. The van der Waals surface area contributed by atoms with E-state index in [1.54, 1.807) is 25.3 Å². The van der Waals surface area contributed by atoms with Crippen LogP contribution in [-0.4, -0.2) is 25.5 Å². The molecular formula is C18H21N3O7. The van der Waals surface area contributed by atoms with Crippen molar-refractivity contribution in [3.63, 3.8) is 0 Å². The average molecular weight is 391 g/mol. The molecule has 0 bridgehead atoms. The number of methoxy groups -OCH3 is 1. The van der Waals surface area contributed by atoms with Gasteiger partial charge in [0.1, 0.15) is 11.3 Å². The number of hydrogen-bond donors (Lipinski definition) is 1. The molecule has 0 unspecified atom stereocenters. The van der Waals surface area contributed by atoms with Crippen LogP contribution in [0.5, 0.6) is 17.4 Å². The molecule has 28 heavy (non-hydrogen) atoms. The van der Waals surface area contributed by atoms with Crippen LogP contribution in [0.2, 0.25) is 0 Å². The highest BCUT2D eigenvalue weighted by molar-refractivity contribution is 5.83. The van der Waals surface area contributed by atoms with Gasteiger partial charge in [0.25, 0.3) is 0 Å². The molecule has 1 aromatic carbocycles. The van der Waals surface area contributed by atoms with Crippen molar-refractivity contribution < 1.29 is 28.2 Å². The van der Waals surface area contributed by atoms with Gasteiger partial charge in [0.05, 0.1) is 25.5 Å². The Kier molecular flexibility index (Phi) is 6.20. The first-order valence-electron chi connectivity index (χ1n) is 8.80. The van der Waals surface area contributed by atoms with Crippen molar-refractivity contribution in [2.45, 2.75) is 25.7 Å². The first kappa shape index (κ1) is 19.3. The summed E-state index contributed by atoms with van der Waals surface area (Å²) in [6, 6.07) is 4.89. The molecule has 3 rings (SSSR count). The Labute approximate surface area is 159 Å². The van der Waals surface area contributed by atoms with Gasteiger partial charge in [-0.3, -0.25) is 4.63 Å². The van der Waals surface area contributed by atoms with Gasteiger partial charge in [-0.15, -0.1) is 0 Å². The van der Waals surface area contributed by atoms with Crippen molar-refractivity contribution in [3.05, 3.63) is 40.0 Å². The van der Waals surface area contributed by atoms with Crippen molar-refractivity contribution >= 4 is 16.7 Å². The number of nitrogens with two attached hydrogens (primary N) is 1. The summed E-state index contributed by atoms with van der Waals surface area (Å²) in [6.07, 6.45) is 4.64. The minimum absolute atomic E-state index is 0.0444. The number of rotatable bonds is 10. The standard InChI is InChI=1S/C18H21N3O7/c1-24-15-9-12-8-13(19)18(22)27-14(12)10-16(15)25-6-4-2-3-5-7-26-17-11-21(23)28-20-17/h8-11H,2-7,19H2,1H3. The molecule has 10 heteroatoms. The van der Waals surface area contributed by atoms with Crippen molar-refractivity contribution in [1.29, 1.82) is 0 Å². The number of nitrogen functional groups attached to an aromatic ring is 1. The van der Waals surface area contributed by atoms with Gasteiger partial charge in [0.15, 0.2) is 11.5 Å². The molecular weight excluding hydrogens is 370 g/mol. The van der Waals surface area contributed by atoms with E-state index in [1.165, 1.54) is 0 Å². The van der Waals surface area contributed by atoms with Gasteiger partial charge < -0.3 is 29.6 Å². The summed E-state index contributed by atoms with van der Waals surface area (Å²) in [5.74, 6) is 1.22. The van der Waals surface area contributed by atoms with E-state index in [-0.39, 0.29) is 16.5 Å². The van der Waals surface area contributed by atoms with E-state index in [0.29, 0.717) is 35.7 Å². The fourth-order valence-corrected chi connectivity index (χ4v) is 2.61. The highest BCUT2D eigenvalue weighted by Crippen LogP contribution is 2.32. The Bertz CT molecular complexity index is 983. The number of aromatic nitrogens is 2. The molecule has 10 nitrogen and oxygen atoms in total. The van der Waals surface area contributed by atoms with Crippen LogP contribution >= 0.6 is 0 Å². The number of hydrogen-bond acceptors (Lipinski definition) is 9. The van der Waals surface area contributed by atoms with Gasteiger partial charge in [0, 0.05) is 11.5 Å². The van der Waals surface area contributed by atoms with E-state index in [9.17, 15) is 10.0 Å². The largest absolute Gasteiger partial charge is 0.493 e. The molecule has 0 fully saturated rings. The van der Waals surface area contributed by atoms with Gasteiger partial charge in [0.2, 0.25) is 6.20 Å². The van der Waals surface area contributed by atoms with E-state index < -0.39 is 5.63 Å². The summed E-state index contributed by atoms with van der Waals surface area (Å²) in [6.45, 7) is 0.940. The third kappa shape index (κ3) is 4.84. The number of nitrogens with zero attached hydrogens (tertiary/aromatic N) is 2. The zero-order chi connectivity index (χ0) is 19.9. The topological polar surface area (TPSA) is 137 Å². The van der Waals surface area contributed by atoms with Crippen LogP contribution in [0.4, 0.5) is 5.69 Å². The molecule has 0 atom stereocenters. The summed E-state index contributed by atoms with van der Waals surface area (Å²) in [4.78, 5) is 11.8. The monoisotopic (exact) mass is 391 g/mol. The number of fused-ring (bicyclic) bond motifs is 1. The third-order valence-corrected chi connectivity index (χ3v) is 4.02. The predicted molar refractivity (Wildman–Crippen MR) is 98.4 cm³/mol. The molecule has 0 aliphatic rings. The number of anilines is 1. The van der Waals surface area contributed by atoms with E-state index in [1.807, 2.05) is 0 Å². The maximum atomic E-state index is 11.6. The lowest BCUT2D eigenvalue weighted by Gasteiger charge is -2.11. The van der Waals surface area contributed by atoms with Gasteiger partial charge >= 0.3 is 11.5 Å².